The standard InChI is InChI=1S/C30H23FN2O5S/c1-37-26-14-19(12-13-25(26)38-18-21-8-4-7-20-6-2-3-11-24(20)21)15-27-29(35)33(30(36)39-27)17-28(34)32-23-10-5-9-22(31)16-23/h2-16H,17-18H2,1H3,(H,32,34)/b27-15+. The Morgan fingerprint density at radius 1 is 0.974 bits per heavy atom. The van der Waals surface area contributed by atoms with Gasteiger partial charge in [0.05, 0.1) is 12.0 Å². The van der Waals surface area contributed by atoms with Crippen molar-refractivity contribution in [2.75, 3.05) is 19.0 Å². The molecule has 1 aliphatic rings. The van der Waals surface area contributed by atoms with Gasteiger partial charge in [0, 0.05) is 5.69 Å². The van der Waals surface area contributed by atoms with E-state index in [1.54, 1.807) is 24.3 Å². The lowest BCUT2D eigenvalue weighted by Gasteiger charge is -2.13. The molecule has 1 fully saturated rings. The van der Waals surface area contributed by atoms with E-state index in [1.165, 1.54) is 25.3 Å². The Morgan fingerprint density at radius 2 is 1.77 bits per heavy atom. The molecule has 196 valence electrons. The van der Waals surface area contributed by atoms with Gasteiger partial charge in [0.25, 0.3) is 11.1 Å². The van der Waals surface area contributed by atoms with Crippen molar-refractivity contribution in [1.82, 2.24) is 4.90 Å². The second-order valence-electron chi connectivity index (χ2n) is 8.66. The van der Waals surface area contributed by atoms with E-state index < -0.39 is 29.4 Å². The van der Waals surface area contributed by atoms with Crippen LogP contribution in [0.2, 0.25) is 0 Å². The van der Waals surface area contributed by atoms with Gasteiger partial charge in [-0.3, -0.25) is 19.3 Å². The van der Waals surface area contributed by atoms with Crippen LogP contribution in [-0.4, -0.2) is 35.6 Å². The Balaban J connectivity index is 1.27. The maximum Gasteiger partial charge on any atom is 0.294 e. The maximum atomic E-state index is 13.4. The van der Waals surface area contributed by atoms with Gasteiger partial charge in [0.1, 0.15) is 19.0 Å². The first-order valence-electron chi connectivity index (χ1n) is 12.0. The van der Waals surface area contributed by atoms with Gasteiger partial charge in [-0.05, 0) is 70.1 Å². The topological polar surface area (TPSA) is 84.9 Å². The highest BCUT2D eigenvalue weighted by Gasteiger charge is 2.36. The summed E-state index contributed by atoms with van der Waals surface area (Å²) in [5, 5.41) is 4.15. The molecule has 0 spiro atoms. The summed E-state index contributed by atoms with van der Waals surface area (Å²) < 4.78 is 24.9. The largest absolute Gasteiger partial charge is 0.493 e. The number of carbonyl (C=O) groups excluding carboxylic acids is 3. The predicted octanol–water partition coefficient (Wildman–Crippen LogP) is 6.24. The molecule has 1 aliphatic heterocycles. The number of nitrogens with zero attached hydrogens (tertiary/aromatic N) is 1. The highest BCUT2D eigenvalue weighted by molar-refractivity contribution is 8.18. The third-order valence-electron chi connectivity index (χ3n) is 6.03. The number of benzene rings is 4. The number of anilines is 1. The van der Waals surface area contributed by atoms with Crippen LogP contribution in [0.5, 0.6) is 11.5 Å². The second-order valence-corrected chi connectivity index (χ2v) is 9.66. The van der Waals surface area contributed by atoms with Crippen LogP contribution in [0.3, 0.4) is 0 Å². The molecule has 0 aliphatic carbocycles. The van der Waals surface area contributed by atoms with Crippen molar-refractivity contribution in [3.63, 3.8) is 0 Å². The summed E-state index contributed by atoms with van der Waals surface area (Å²) in [4.78, 5) is 38.7. The number of rotatable bonds is 8. The van der Waals surface area contributed by atoms with E-state index >= 15 is 0 Å². The lowest BCUT2D eigenvalue weighted by molar-refractivity contribution is -0.127. The molecule has 4 aromatic rings. The van der Waals surface area contributed by atoms with Gasteiger partial charge >= 0.3 is 0 Å². The predicted molar refractivity (Wildman–Crippen MR) is 149 cm³/mol. The number of hydrogen-bond acceptors (Lipinski definition) is 6. The van der Waals surface area contributed by atoms with Crippen LogP contribution in [0.4, 0.5) is 14.9 Å². The molecule has 0 unspecified atom stereocenters. The molecule has 0 aromatic heterocycles. The Morgan fingerprint density at radius 3 is 2.59 bits per heavy atom. The molecule has 7 nitrogen and oxygen atoms in total. The molecule has 0 bridgehead atoms. The van der Waals surface area contributed by atoms with E-state index in [4.69, 9.17) is 9.47 Å². The van der Waals surface area contributed by atoms with Crippen LogP contribution in [-0.2, 0) is 16.2 Å². The lowest BCUT2D eigenvalue weighted by Crippen LogP contribution is -2.36. The Kier molecular flexibility index (Phi) is 7.60. The molecule has 9 heteroatoms. The molecule has 1 heterocycles. The lowest BCUT2D eigenvalue weighted by atomic mass is 10.1. The van der Waals surface area contributed by atoms with E-state index in [-0.39, 0.29) is 10.6 Å². The molecular weight excluding hydrogens is 519 g/mol. The highest BCUT2D eigenvalue weighted by Crippen LogP contribution is 2.35. The smallest absolute Gasteiger partial charge is 0.294 e. The number of ether oxygens (including phenoxy) is 2. The fraction of sp³-hybridized carbons (Fsp3) is 0.100. The summed E-state index contributed by atoms with van der Waals surface area (Å²) in [6.45, 7) is -0.142. The number of methoxy groups -OCH3 is 1. The summed E-state index contributed by atoms with van der Waals surface area (Å²) >= 11 is 0.740. The maximum absolute atomic E-state index is 13.4. The molecule has 1 saturated heterocycles. The zero-order valence-corrected chi connectivity index (χ0v) is 21.7. The quantitative estimate of drug-likeness (QED) is 0.265. The molecule has 39 heavy (non-hydrogen) atoms. The number of carbonyl (C=O) groups is 3. The number of hydrogen-bond donors (Lipinski definition) is 1. The Labute approximate surface area is 228 Å². The molecular formula is C30H23FN2O5S. The van der Waals surface area contributed by atoms with E-state index in [1.807, 2.05) is 42.5 Å². The van der Waals surface area contributed by atoms with Gasteiger partial charge < -0.3 is 14.8 Å². The molecule has 5 rings (SSSR count). The third kappa shape index (κ3) is 5.94. The minimum atomic E-state index is -0.612. The molecule has 0 atom stereocenters. The van der Waals surface area contributed by atoms with Gasteiger partial charge in [-0.15, -0.1) is 0 Å². The van der Waals surface area contributed by atoms with Crippen molar-refractivity contribution in [3.8, 4) is 11.5 Å². The molecule has 0 radical (unpaired) electrons. The van der Waals surface area contributed by atoms with E-state index in [0.717, 1.165) is 39.1 Å². The summed E-state index contributed by atoms with van der Waals surface area (Å²) in [5.41, 5.74) is 1.89. The van der Waals surface area contributed by atoms with Gasteiger partial charge in [-0.2, -0.15) is 0 Å². The third-order valence-corrected chi connectivity index (χ3v) is 6.94. The highest BCUT2D eigenvalue weighted by atomic mass is 32.2. The number of fused-ring (bicyclic) bond motifs is 1. The minimum absolute atomic E-state index is 0.171. The number of amides is 3. The van der Waals surface area contributed by atoms with Crippen molar-refractivity contribution in [2.45, 2.75) is 6.61 Å². The average Bonchev–Trinajstić information content (AvgIpc) is 3.19. The van der Waals surface area contributed by atoms with E-state index in [2.05, 4.69) is 5.32 Å². The minimum Gasteiger partial charge on any atom is -0.493 e. The van der Waals surface area contributed by atoms with Crippen LogP contribution in [0.25, 0.3) is 16.8 Å². The Hall–Kier alpha value is -4.63. The van der Waals surface area contributed by atoms with Crippen LogP contribution >= 0.6 is 11.8 Å². The first-order chi connectivity index (χ1) is 18.9. The van der Waals surface area contributed by atoms with Gasteiger partial charge in [-0.25, -0.2) is 4.39 Å². The summed E-state index contributed by atoms with van der Waals surface area (Å²) in [7, 11) is 1.52. The summed E-state index contributed by atoms with van der Waals surface area (Å²) in [6, 6.07) is 24.7. The van der Waals surface area contributed by atoms with Crippen molar-refractivity contribution in [3.05, 3.63) is 107 Å². The number of thioether (sulfide) groups is 1. The van der Waals surface area contributed by atoms with Crippen LogP contribution in [0, 0.1) is 5.82 Å². The normalized spacial score (nSPS) is 14.2. The first kappa shape index (κ1) is 26.0. The van der Waals surface area contributed by atoms with Crippen LogP contribution < -0.4 is 14.8 Å². The van der Waals surface area contributed by atoms with Gasteiger partial charge in [0.15, 0.2) is 11.5 Å². The summed E-state index contributed by atoms with van der Waals surface area (Å²) in [6.07, 6.45) is 1.56. The van der Waals surface area contributed by atoms with Gasteiger partial charge in [-0.1, -0.05) is 54.6 Å². The first-order valence-corrected chi connectivity index (χ1v) is 12.8. The number of nitrogens with one attached hydrogen (secondary N) is 1. The van der Waals surface area contributed by atoms with Crippen LogP contribution in [0.1, 0.15) is 11.1 Å². The zero-order valence-electron chi connectivity index (χ0n) is 20.8. The van der Waals surface area contributed by atoms with Crippen molar-refractivity contribution in [1.29, 1.82) is 0 Å². The number of halogens is 1. The molecule has 3 amide bonds. The molecule has 1 N–H and O–H groups in total. The van der Waals surface area contributed by atoms with Crippen LogP contribution in [0.15, 0.2) is 89.8 Å². The average molecular weight is 543 g/mol. The van der Waals surface area contributed by atoms with Crippen molar-refractivity contribution >= 4 is 51.4 Å². The molecule has 0 saturated carbocycles. The zero-order chi connectivity index (χ0) is 27.4. The van der Waals surface area contributed by atoms with E-state index in [9.17, 15) is 18.8 Å². The fourth-order valence-corrected chi connectivity index (χ4v) is 5.00. The fourth-order valence-electron chi connectivity index (χ4n) is 4.17. The summed E-state index contributed by atoms with van der Waals surface area (Å²) in [5.74, 6) is -0.710. The SMILES string of the molecule is COc1cc(/C=C2/SC(=O)N(CC(=O)Nc3cccc(F)c3)C2=O)ccc1OCc1cccc2ccccc12. The van der Waals surface area contributed by atoms with Crippen molar-refractivity contribution in [2.24, 2.45) is 0 Å². The Bertz CT molecular complexity index is 1620. The monoisotopic (exact) mass is 542 g/mol. The second kappa shape index (κ2) is 11.4. The van der Waals surface area contributed by atoms with Gasteiger partial charge in [0.2, 0.25) is 5.91 Å². The van der Waals surface area contributed by atoms with E-state index in [0.29, 0.717) is 23.7 Å². The van der Waals surface area contributed by atoms with Crippen molar-refractivity contribution < 1.29 is 28.2 Å². The molecule has 4 aromatic carbocycles. The number of imide groups is 1.